The summed E-state index contributed by atoms with van der Waals surface area (Å²) in [6.07, 6.45) is 0. The first-order chi connectivity index (χ1) is 14.0. The first-order valence-electron chi connectivity index (χ1n) is 9.53. The van der Waals surface area contributed by atoms with Gasteiger partial charge in [0.1, 0.15) is 35.1 Å². The molecule has 0 radical (unpaired) electrons. The van der Waals surface area contributed by atoms with Gasteiger partial charge in [-0.1, -0.05) is 35.9 Å². The molecule has 5 rings (SSSR count). The van der Waals surface area contributed by atoms with Gasteiger partial charge in [0.25, 0.3) is 6.71 Å². The lowest BCUT2D eigenvalue weighted by Gasteiger charge is -2.35. The van der Waals surface area contributed by atoms with Gasteiger partial charge in [-0.2, -0.15) is 10.5 Å². The average Bonchev–Trinajstić information content (AvgIpc) is 2.69. The molecule has 0 saturated heterocycles. The highest BCUT2D eigenvalue weighted by Crippen LogP contribution is 2.42. The minimum absolute atomic E-state index is 0.147. The Hall–Kier alpha value is -3.70. The molecule has 0 N–H and O–H groups in total. The molecule has 4 nitrogen and oxygen atoms in total. The zero-order valence-corrected chi connectivity index (χ0v) is 16.7. The molecule has 0 aliphatic carbocycles. The molecule has 0 spiro atoms. The van der Waals surface area contributed by atoms with Crippen molar-refractivity contribution in [1.82, 2.24) is 0 Å². The molecular formula is C24H17BN2O2. The van der Waals surface area contributed by atoms with Crippen molar-refractivity contribution >= 4 is 23.1 Å². The summed E-state index contributed by atoms with van der Waals surface area (Å²) in [7, 11) is 0. The van der Waals surface area contributed by atoms with Gasteiger partial charge < -0.3 is 9.47 Å². The highest BCUT2D eigenvalue weighted by Gasteiger charge is 2.44. The van der Waals surface area contributed by atoms with Crippen LogP contribution in [-0.2, 0) is 0 Å². The molecule has 2 aliphatic rings. The predicted molar refractivity (Wildman–Crippen MR) is 113 cm³/mol. The summed E-state index contributed by atoms with van der Waals surface area (Å²) >= 11 is 0. The predicted octanol–water partition coefficient (Wildman–Crippen LogP) is 3.39. The van der Waals surface area contributed by atoms with E-state index in [4.69, 9.17) is 9.47 Å². The van der Waals surface area contributed by atoms with Gasteiger partial charge in [-0.3, -0.25) is 0 Å². The minimum atomic E-state index is -0.147. The summed E-state index contributed by atoms with van der Waals surface area (Å²) in [5.74, 6) is 2.59. The van der Waals surface area contributed by atoms with Crippen molar-refractivity contribution in [3.63, 3.8) is 0 Å². The number of hydrogen-bond donors (Lipinski definition) is 0. The fraction of sp³-hybridized carbons (Fsp3) is 0.167. The van der Waals surface area contributed by atoms with Crippen LogP contribution in [0.5, 0.6) is 23.0 Å². The average molecular weight is 376 g/mol. The Morgan fingerprint density at radius 3 is 2.00 bits per heavy atom. The first kappa shape index (κ1) is 17.4. The number of nitrogens with zero attached hydrogens (tertiary/aromatic N) is 2. The number of nitriles is 2. The lowest BCUT2D eigenvalue weighted by molar-refractivity contribution is 0.458. The summed E-state index contributed by atoms with van der Waals surface area (Å²) in [6, 6.07) is 14.8. The highest BCUT2D eigenvalue weighted by molar-refractivity contribution is 6.98. The number of ether oxygens (including phenoxy) is 2. The van der Waals surface area contributed by atoms with E-state index in [-0.39, 0.29) is 6.71 Å². The van der Waals surface area contributed by atoms with Crippen molar-refractivity contribution in [1.29, 1.82) is 10.5 Å². The molecule has 0 fully saturated rings. The summed E-state index contributed by atoms with van der Waals surface area (Å²) in [5.41, 5.74) is 7.42. The van der Waals surface area contributed by atoms with Crippen LogP contribution in [0.15, 0.2) is 30.3 Å². The zero-order chi connectivity index (χ0) is 20.4. The Labute approximate surface area is 170 Å². The van der Waals surface area contributed by atoms with E-state index in [0.29, 0.717) is 28.2 Å². The molecule has 0 saturated carbocycles. The molecule has 0 atom stereocenters. The first-order valence-corrected chi connectivity index (χ1v) is 9.53. The molecule has 2 aliphatic heterocycles. The van der Waals surface area contributed by atoms with Crippen LogP contribution in [0.25, 0.3) is 0 Å². The Balaban J connectivity index is 1.98. The van der Waals surface area contributed by atoms with Crippen LogP contribution >= 0.6 is 0 Å². The van der Waals surface area contributed by atoms with Gasteiger partial charge in [-0.15, -0.1) is 0 Å². The van der Waals surface area contributed by atoms with Gasteiger partial charge in [0, 0.05) is 5.46 Å². The molecule has 0 amide bonds. The molecule has 0 aromatic heterocycles. The normalized spacial score (nSPS) is 12.6. The Morgan fingerprint density at radius 2 is 1.38 bits per heavy atom. The van der Waals surface area contributed by atoms with Crippen molar-refractivity contribution in [2.24, 2.45) is 0 Å². The third kappa shape index (κ3) is 2.19. The standard InChI is InChI=1S/C24H17BN2O2/c1-12-8-14(3)22-19(9-12)25-18-7-5-6-13(2)21(18)28-23-16(10-26)15(4)17(11-27)24(29-22)20(23)25/h5-9H,1-4H3. The monoisotopic (exact) mass is 376 g/mol. The third-order valence-electron chi connectivity index (χ3n) is 5.93. The second-order valence-electron chi connectivity index (χ2n) is 7.80. The number of fused-ring (bicyclic) bond motifs is 4. The molecule has 29 heavy (non-hydrogen) atoms. The Kier molecular flexibility index (Phi) is 3.54. The third-order valence-corrected chi connectivity index (χ3v) is 5.93. The smallest absolute Gasteiger partial charge is 0.260 e. The molecule has 3 aromatic rings. The summed E-state index contributed by atoms with van der Waals surface area (Å²) in [5, 5.41) is 19.8. The summed E-state index contributed by atoms with van der Waals surface area (Å²) < 4.78 is 12.7. The van der Waals surface area contributed by atoms with Crippen LogP contribution in [0.2, 0.25) is 0 Å². The summed E-state index contributed by atoms with van der Waals surface area (Å²) in [4.78, 5) is 0. The van der Waals surface area contributed by atoms with Gasteiger partial charge in [-0.05, 0) is 55.3 Å². The minimum Gasteiger partial charge on any atom is -0.457 e. The van der Waals surface area contributed by atoms with E-state index < -0.39 is 0 Å². The van der Waals surface area contributed by atoms with Gasteiger partial charge in [0.2, 0.25) is 0 Å². The number of aryl methyl sites for hydroxylation is 3. The SMILES string of the molecule is Cc1cc(C)c2c(c1)B1c3cccc(C)c3Oc3c(C#N)c(C)c(C#N)c(c31)O2. The highest BCUT2D eigenvalue weighted by atomic mass is 16.5. The van der Waals surface area contributed by atoms with Crippen LogP contribution in [0.1, 0.15) is 33.4 Å². The van der Waals surface area contributed by atoms with E-state index in [1.807, 2.05) is 26.0 Å². The van der Waals surface area contributed by atoms with Crippen molar-refractivity contribution in [2.45, 2.75) is 27.7 Å². The lowest BCUT2D eigenvalue weighted by atomic mass is 9.34. The molecular weight excluding hydrogens is 359 g/mol. The van der Waals surface area contributed by atoms with Crippen LogP contribution in [0.4, 0.5) is 0 Å². The van der Waals surface area contributed by atoms with E-state index >= 15 is 0 Å². The van der Waals surface area contributed by atoms with E-state index in [2.05, 4.69) is 37.3 Å². The molecule has 0 bridgehead atoms. The number of rotatable bonds is 0. The van der Waals surface area contributed by atoms with Crippen molar-refractivity contribution < 1.29 is 9.47 Å². The van der Waals surface area contributed by atoms with E-state index in [1.54, 1.807) is 6.92 Å². The maximum absolute atomic E-state index is 9.88. The Morgan fingerprint density at radius 1 is 0.759 bits per heavy atom. The maximum atomic E-state index is 9.88. The van der Waals surface area contributed by atoms with E-state index in [0.717, 1.165) is 44.6 Å². The number of hydrogen-bond acceptors (Lipinski definition) is 4. The number of para-hydroxylation sites is 1. The largest absolute Gasteiger partial charge is 0.457 e. The van der Waals surface area contributed by atoms with E-state index in [9.17, 15) is 10.5 Å². The van der Waals surface area contributed by atoms with Crippen molar-refractivity contribution in [3.8, 4) is 35.1 Å². The van der Waals surface area contributed by atoms with Crippen LogP contribution < -0.4 is 25.9 Å². The molecule has 138 valence electrons. The second-order valence-corrected chi connectivity index (χ2v) is 7.80. The molecule has 0 unspecified atom stereocenters. The Bertz CT molecular complexity index is 1290. The quantitative estimate of drug-likeness (QED) is 0.389. The maximum Gasteiger partial charge on any atom is 0.260 e. The zero-order valence-electron chi connectivity index (χ0n) is 16.7. The number of benzene rings is 3. The fourth-order valence-electron chi connectivity index (χ4n) is 4.65. The molecule has 2 heterocycles. The van der Waals surface area contributed by atoms with Crippen LogP contribution in [0, 0.1) is 50.4 Å². The van der Waals surface area contributed by atoms with Crippen molar-refractivity contribution in [2.75, 3.05) is 0 Å². The fourth-order valence-corrected chi connectivity index (χ4v) is 4.65. The van der Waals surface area contributed by atoms with E-state index in [1.165, 1.54) is 0 Å². The van der Waals surface area contributed by atoms with Crippen LogP contribution in [-0.4, -0.2) is 6.71 Å². The van der Waals surface area contributed by atoms with Gasteiger partial charge >= 0.3 is 0 Å². The lowest BCUT2D eigenvalue weighted by Crippen LogP contribution is -2.58. The van der Waals surface area contributed by atoms with Crippen molar-refractivity contribution in [3.05, 3.63) is 63.7 Å². The molecule has 5 heteroatoms. The van der Waals surface area contributed by atoms with Gasteiger partial charge in [0.05, 0.1) is 11.1 Å². The topological polar surface area (TPSA) is 66.0 Å². The second kappa shape index (κ2) is 5.90. The van der Waals surface area contributed by atoms with Crippen LogP contribution in [0.3, 0.4) is 0 Å². The molecule has 3 aromatic carbocycles. The van der Waals surface area contributed by atoms with Gasteiger partial charge in [-0.25, -0.2) is 0 Å². The van der Waals surface area contributed by atoms with Gasteiger partial charge in [0.15, 0.2) is 0 Å². The summed E-state index contributed by atoms with van der Waals surface area (Å²) in [6.45, 7) is 7.73.